The first-order chi connectivity index (χ1) is 13.0. The summed E-state index contributed by atoms with van der Waals surface area (Å²) in [6.07, 6.45) is -0.447. The molecule has 0 aromatic carbocycles. The van der Waals surface area contributed by atoms with Gasteiger partial charge in [0.2, 0.25) is 0 Å². The van der Waals surface area contributed by atoms with Crippen LogP contribution < -0.4 is 0 Å². The lowest BCUT2D eigenvalue weighted by atomic mass is 9.49. The van der Waals surface area contributed by atoms with Crippen molar-refractivity contribution in [3.05, 3.63) is 0 Å². The molecule has 0 spiro atoms. The van der Waals surface area contributed by atoms with Crippen LogP contribution in [0.4, 0.5) is 0 Å². The van der Waals surface area contributed by atoms with Gasteiger partial charge in [-0.1, -0.05) is 13.8 Å². The first-order valence-electron chi connectivity index (χ1n) is 9.75. The lowest BCUT2D eigenvalue weighted by Gasteiger charge is -2.63. The van der Waals surface area contributed by atoms with E-state index < -0.39 is 46.7 Å². The predicted molar refractivity (Wildman–Crippen MR) is 98.8 cm³/mol. The van der Waals surface area contributed by atoms with Crippen LogP contribution in [-0.4, -0.2) is 51.8 Å². The second kappa shape index (κ2) is 7.66. The molecule has 2 saturated carbocycles. The van der Waals surface area contributed by atoms with Gasteiger partial charge >= 0.3 is 23.3 Å². The Kier molecular flexibility index (Phi) is 5.93. The van der Waals surface area contributed by atoms with Crippen molar-refractivity contribution in [1.82, 2.24) is 0 Å². The van der Waals surface area contributed by atoms with Crippen LogP contribution in [-0.2, 0) is 38.8 Å². The monoisotopic (exact) mass is 418 g/mol. The van der Waals surface area contributed by atoms with Crippen molar-refractivity contribution in [2.75, 3.05) is 6.61 Å². The van der Waals surface area contributed by atoms with E-state index in [9.17, 15) is 18.9 Å². The van der Waals surface area contributed by atoms with Gasteiger partial charge in [0.1, 0.15) is 6.10 Å². The summed E-state index contributed by atoms with van der Waals surface area (Å²) in [6, 6.07) is 0. The Morgan fingerprint density at radius 3 is 2.57 bits per heavy atom. The van der Waals surface area contributed by atoms with Gasteiger partial charge < -0.3 is 14.6 Å². The van der Waals surface area contributed by atoms with Crippen LogP contribution in [0.2, 0.25) is 0 Å². The van der Waals surface area contributed by atoms with Gasteiger partial charge in [-0.05, 0) is 31.6 Å². The third-order valence-electron chi connectivity index (χ3n) is 6.77. The van der Waals surface area contributed by atoms with Crippen LogP contribution in [0.15, 0.2) is 0 Å². The third-order valence-corrected chi connectivity index (χ3v) is 7.67. The van der Waals surface area contributed by atoms with Crippen molar-refractivity contribution in [2.24, 2.45) is 23.2 Å². The van der Waals surface area contributed by atoms with Crippen LogP contribution in [0.5, 0.6) is 0 Å². The van der Waals surface area contributed by atoms with Gasteiger partial charge in [0, 0.05) is 31.6 Å². The Labute approximate surface area is 168 Å². The summed E-state index contributed by atoms with van der Waals surface area (Å²) < 4.78 is 34.5. The Morgan fingerprint density at radius 2 is 1.96 bits per heavy atom. The van der Waals surface area contributed by atoms with E-state index in [0.29, 0.717) is 12.8 Å². The molecule has 1 heterocycles. The van der Waals surface area contributed by atoms with Gasteiger partial charge in [-0.15, -0.1) is 0 Å². The number of aliphatic hydroxyl groups is 1. The molecule has 8 nitrogen and oxygen atoms in total. The highest BCUT2D eigenvalue weighted by Crippen LogP contribution is 2.61. The van der Waals surface area contributed by atoms with Crippen LogP contribution >= 0.6 is 0 Å². The Bertz CT molecular complexity index is 668. The van der Waals surface area contributed by atoms with Crippen molar-refractivity contribution in [2.45, 2.75) is 77.8 Å². The molecule has 9 heteroatoms. The topological polar surface area (TPSA) is 108 Å². The van der Waals surface area contributed by atoms with Gasteiger partial charge in [0.25, 0.3) is 0 Å². The minimum absolute atomic E-state index is 0.00202. The summed E-state index contributed by atoms with van der Waals surface area (Å²) in [6.45, 7) is 8.76. The summed E-state index contributed by atoms with van der Waals surface area (Å²) in [5.41, 5.74) is -1.47. The average Bonchev–Trinajstić information content (AvgIpc) is 2.55. The molecule has 1 saturated heterocycles. The van der Waals surface area contributed by atoms with Gasteiger partial charge in [-0.3, -0.25) is 18.0 Å². The maximum absolute atomic E-state index is 12.3. The molecule has 3 aliphatic rings. The second-order valence-electron chi connectivity index (χ2n) is 8.93. The fourth-order valence-corrected chi connectivity index (χ4v) is 6.68. The molecule has 3 fully saturated rings. The highest BCUT2D eigenvalue weighted by Gasteiger charge is 2.67. The average molecular weight is 419 g/mol. The lowest BCUT2D eigenvalue weighted by Crippen LogP contribution is -2.70. The quantitative estimate of drug-likeness (QED) is 0.687. The first kappa shape index (κ1) is 21.7. The largest absolute Gasteiger partial charge is 0.466 e. The number of carbonyl (C=O) groups is 2. The van der Waals surface area contributed by atoms with Gasteiger partial charge in [0.15, 0.2) is 0 Å². The zero-order valence-electron chi connectivity index (χ0n) is 17.0. The van der Waals surface area contributed by atoms with E-state index in [4.69, 9.17) is 17.8 Å². The number of carbonyl (C=O) groups excluding carboxylic acids is 2. The molecule has 0 radical (unpaired) electrons. The van der Waals surface area contributed by atoms with E-state index in [1.165, 1.54) is 13.8 Å². The van der Waals surface area contributed by atoms with E-state index in [1.54, 1.807) is 0 Å². The molecule has 9 atom stereocenters. The van der Waals surface area contributed by atoms with Crippen LogP contribution in [0.3, 0.4) is 0 Å². The third kappa shape index (κ3) is 3.74. The molecule has 1 aliphatic heterocycles. The number of esters is 2. The van der Waals surface area contributed by atoms with Crippen LogP contribution in [0.1, 0.15) is 53.9 Å². The fourth-order valence-electron chi connectivity index (χ4n) is 5.72. The summed E-state index contributed by atoms with van der Waals surface area (Å²) >= 11 is -1.94. The molecule has 0 amide bonds. The fraction of sp³-hybridized carbons (Fsp3) is 0.895. The second-order valence-corrected chi connectivity index (χ2v) is 9.70. The van der Waals surface area contributed by atoms with E-state index in [1.807, 2.05) is 20.8 Å². The Morgan fingerprint density at radius 1 is 1.29 bits per heavy atom. The molecule has 160 valence electrons. The smallest absolute Gasteiger partial charge is 0.305 e. The van der Waals surface area contributed by atoms with E-state index in [-0.39, 0.29) is 36.8 Å². The number of rotatable bonds is 4. The molecule has 28 heavy (non-hydrogen) atoms. The molecule has 0 aromatic rings. The summed E-state index contributed by atoms with van der Waals surface area (Å²) in [4.78, 5) is 22.9. The van der Waals surface area contributed by atoms with Crippen molar-refractivity contribution < 1.29 is 36.7 Å². The zero-order chi connectivity index (χ0) is 20.9. The number of ether oxygens (including phenoxy) is 2. The lowest BCUT2D eigenvalue weighted by molar-refractivity contribution is -0.258. The van der Waals surface area contributed by atoms with Crippen molar-refractivity contribution in [3.63, 3.8) is 0 Å². The highest BCUT2D eigenvalue weighted by atomic mass is 32.2. The molecule has 1 unspecified atom stereocenters. The van der Waals surface area contributed by atoms with Gasteiger partial charge in [-0.25, -0.2) is 0 Å². The zero-order valence-corrected chi connectivity index (χ0v) is 17.8. The van der Waals surface area contributed by atoms with Crippen LogP contribution in [0, 0.1) is 23.2 Å². The Hall–Kier alpha value is -1.03. The van der Waals surface area contributed by atoms with E-state index in [0.717, 1.165) is 0 Å². The van der Waals surface area contributed by atoms with Crippen molar-refractivity contribution >= 4 is 23.3 Å². The summed E-state index contributed by atoms with van der Waals surface area (Å²) in [7, 11) is 0. The molecule has 2 aliphatic carbocycles. The molecular weight excluding hydrogens is 388 g/mol. The van der Waals surface area contributed by atoms with Crippen molar-refractivity contribution in [3.8, 4) is 0 Å². The summed E-state index contributed by atoms with van der Waals surface area (Å²) in [5, 5.41) is 10.8. The molecule has 1 N–H and O–H groups in total. The van der Waals surface area contributed by atoms with Gasteiger partial charge in [0.05, 0.1) is 24.4 Å². The first-order valence-corrected chi connectivity index (χ1v) is 10.7. The molecule has 0 aromatic heterocycles. The number of aliphatic hydroxyl groups excluding tert-OH is 1. The number of hydrogen-bond acceptors (Lipinski definition) is 8. The molecular formula is C19H30O8S. The van der Waals surface area contributed by atoms with E-state index in [2.05, 4.69) is 0 Å². The summed E-state index contributed by atoms with van der Waals surface area (Å²) in [5.74, 6) is -1.03. The predicted octanol–water partition coefficient (Wildman–Crippen LogP) is 1.67. The normalized spacial score (nSPS) is 46.2. The van der Waals surface area contributed by atoms with Crippen LogP contribution in [0.25, 0.3) is 0 Å². The highest BCUT2D eigenvalue weighted by molar-refractivity contribution is 7.75. The Balaban J connectivity index is 1.95. The molecule has 3 rings (SSSR count). The number of hydrogen-bond donors (Lipinski definition) is 1. The maximum Gasteiger partial charge on any atom is 0.305 e. The van der Waals surface area contributed by atoms with Gasteiger partial charge in [-0.2, -0.15) is 4.21 Å². The molecule has 0 bridgehead atoms. The van der Waals surface area contributed by atoms with E-state index >= 15 is 0 Å². The minimum atomic E-state index is -1.94. The maximum atomic E-state index is 12.3. The minimum Gasteiger partial charge on any atom is -0.466 e. The SMILES string of the molecule is CC(=O)OC[C@@H](C)[C@@H]1CC[C@@]2(C)[C@H](OC(C)=O)[C@@H](O)C[C@@]3(C)OS(=O)O[C@@H]1[C@H]23. The standard InChI is InChI=1S/C19H30O8S/c1-10(9-24-11(2)20)13-6-7-18(4)16-15(13)26-28(23)27-19(16,5)8-14(22)17(18)25-12(3)21/h10,13-17,22H,6-9H2,1-5H3/t10-,13+,14+,15+,16-,17-,18-,19-,28?/m1/s1. The van der Waals surface area contributed by atoms with Crippen molar-refractivity contribution in [1.29, 1.82) is 0 Å².